The fourth-order valence-corrected chi connectivity index (χ4v) is 11.0. The lowest BCUT2D eigenvalue weighted by molar-refractivity contribution is -0.379. The summed E-state index contributed by atoms with van der Waals surface area (Å²) < 4.78 is 34.3. The second-order valence-electron chi connectivity index (χ2n) is 23.9. The van der Waals surface area contributed by atoms with Gasteiger partial charge in [0.25, 0.3) is 0 Å². The summed E-state index contributed by atoms with van der Waals surface area (Å²) in [5.74, 6) is -0.293. The number of rotatable bonds is 50. The molecule has 0 aliphatic carbocycles. The van der Waals surface area contributed by atoms with E-state index in [-0.39, 0.29) is 18.9 Å². The van der Waals surface area contributed by atoms with E-state index in [1.165, 1.54) is 83.5 Å². The topological polar surface area (TPSA) is 307 Å². The van der Waals surface area contributed by atoms with E-state index in [0.717, 1.165) is 103 Å². The van der Waals surface area contributed by atoms with E-state index < -0.39 is 124 Å². The molecule has 0 radical (unpaired) electrons. The van der Waals surface area contributed by atoms with Crippen LogP contribution in [0.2, 0.25) is 0 Å². The van der Waals surface area contributed by atoms with Crippen LogP contribution in [0, 0.1) is 0 Å². The second-order valence-corrected chi connectivity index (χ2v) is 23.9. The zero-order chi connectivity index (χ0) is 64.0. The molecule has 1 amide bonds. The molecular formula is C69H119NO18. The molecule has 0 bridgehead atoms. The van der Waals surface area contributed by atoms with Gasteiger partial charge in [-0.1, -0.05) is 221 Å². The lowest BCUT2D eigenvalue weighted by Crippen LogP contribution is -2.66. The largest absolute Gasteiger partial charge is 0.394 e. The number of aliphatic hydroxyl groups excluding tert-OH is 11. The van der Waals surface area contributed by atoms with Gasteiger partial charge in [0.2, 0.25) is 5.91 Å². The van der Waals surface area contributed by atoms with Crippen LogP contribution in [-0.4, -0.2) is 193 Å². The normalized spacial score (nSPS) is 28.9. The second kappa shape index (κ2) is 50.5. The molecule has 3 heterocycles. The molecule has 19 heteroatoms. The highest BCUT2D eigenvalue weighted by atomic mass is 16.8. The van der Waals surface area contributed by atoms with Gasteiger partial charge in [0, 0.05) is 6.42 Å². The van der Waals surface area contributed by atoms with Crippen molar-refractivity contribution in [3.05, 3.63) is 85.1 Å². The average molecular weight is 1250 g/mol. The third kappa shape index (κ3) is 32.5. The standard InChI is InChI=1S/C69H119NO18/c1-3-5-7-9-11-13-15-17-19-21-23-24-25-26-27-28-29-31-33-35-37-39-41-43-45-47-57(75)70-52(53(74)46-44-42-40-38-36-34-32-30-22-20-18-16-14-12-10-8-6-4-2)51-83-67-63(81)60(78)65(55(49-72)85-67)88-69-64(82)61(79)66(56(50-73)86-69)87-68-62(80)59(77)58(76)54(48-71)84-68/h5,7,11,13,17,19,23-24,26-27,29,31,44,46,52-56,58-69,71-74,76-82H,3-4,6,8-10,12,14-16,18,20-22,25,28,30,32-43,45,47-51H2,1-2H3,(H,70,75)/b7-5-,13-11-,19-17-,24-23-,27-26-,31-29-,46-44+. The molecule has 0 aromatic heterocycles. The zero-order valence-corrected chi connectivity index (χ0v) is 53.4. The van der Waals surface area contributed by atoms with Crippen molar-refractivity contribution < 1.29 is 89.4 Å². The third-order valence-corrected chi connectivity index (χ3v) is 16.4. The molecule has 3 aliphatic heterocycles. The maximum absolute atomic E-state index is 13.4. The lowest BCUT2D eigenvalue weighted by atomic mass is 9.96. The van der Waals surface area contributed by atoms with Crippen molar-refractivity contribution in [1.29, 1.82) is 0 Å². The van der Waals surface area contributed by atoms with Crippen LogP contribution in [0.15, 0.2) is 85.1 Å². The maximum atomic E-state index is 13.4. The van der Waals surface area contributed by atoms with Gasteiger partial charge in [-0.05, 0) is 70.6 Å². The molecule has 17 unspecified atom stereocenters. The molecule has 508 valence electrons. The van der Waals surface area contributed by atoms with E-state index in [1.807, 2.05) is 6.08 Å². The van der Waals surface area contributed by atoms with Crippen LogP contribution in [0.5, 0.6) is 0 Å². The Bertz CT molecular complexity index is 1930. The van der Waals surface area contributed by atoms with Crippen molar-refractivity contribution in [3.63, 3.8) is 0 Å². The number of carbonyl (C=O) groups is 1. The number of hydrogen-bond acceptors (Lipinski definition) is 18. The Hall–Kier alpha value is -3.03. The van der Waals surface area contributed by atoms with Crippen molar-refractivity contribution in [2.45, 2.75) is 317 Å². The summed E-state index contributed by atoms with van der Waals surface area (Å²) in [7, 11) is 0. The van der Waals surface area contributed by atoms with Gasteiger partial charge < -0.3 is 89.9 Å². The summed E-state index contributed by atoms with van der Waals surface area (Å²) in [6.45, 7) is 1.60. The fraction of sp³-hybridized carbons (Fsp3) is 0.783. The maximum Gasteiger partial charge on any atom is 0.220 e. The van der Waals surface area contributed by atoms with Crippen LogP contribution in [0.1, 0.15) is 213 Å². The van der Waals surface area contributed by atoms with Gasteiger partial charge in [-0.15, -0.1) is 0 Å². The highest BCUT2D eigenvalue weighted by Gasteiger charge is 2.53. The SMILES string of the molecule is CC/C=C\C/C=C\C/C=C\C/C=C\C/C=C\C/C=C\CCCCCCCCC(=O)NC(COC1OC(CO)C(OC2OC(CO)C(OC3OC(CO)C(O)C(O)C3O)C(O)C2O)C(O)C1O)C(O)/C=C/CCCCCCCCCCCCCCCCCC. The Labute approximate surface area is 527 Å². The van der Waals surface area contributed by atoms with Crippen molar-refractivity contribution in [1.82, 2.24) is 5.32 Å². The zero-order valence-electron chi connectivity index (χ0n) is 53.4. The molecule has 0 spiro atoms. The molecule has 3 fully saturated rings. The summed E-state index contributed by atoms with van der Waals surface area (Å²) in [6, 6.07) is -0.987. The number of aliphatic hydroxyl groups is 11. The molecule has 3 aliphatic rings. The summed E-state index contributed by atoms with van der Waals surface area (Å²) in [5.41, 5.74) is 0. The van der Waals surface area contributed by atoms with Crippen molar-refractivity contribution in [2.24, 2.45) is 0 Å². The van der Waals surface area contributed by atoms with Crippen LogP contribution in [0.4, 0.5) is 0 Å². The minimum absolute atomic E-state index is 0.221. The summed E-state index contributed by atoms with van der Waals surface area (Å²) in [6.07, 6.45) is 36.9. The van der Waals surface area contributed by atoms with Gasteiger partial charge in [-0.3, -0.25) is 4.79 Å². The lowest BCUT2D eigenvalue weighted by Gasteiger charge is -2.48. The van der Waals surface area contributed by atoms with Gasteiger partial charge in [0.05, 0.1) is 38.6 Å². The van der Waals surface area contributed by atoms with E-state index in [4.69, 9.17) is 28.4 Å². The average Bonchev–Trinajstić information content (AvgIpc) is 3.70. The first-order valence-electron chi connectivity index (χ1n) is 33.8. The van der Waals surface area contributed by atoms with Gasteiger partial charge in [0.15, 0.2) is 18.9 Å². The molecule has 0 aromatic carbocycles. The summed E-state index contributed by atoms with van der Waals surface area (Å²) >= 11 is 0. The number of nitrogens with one attached hydrogen (secondary N) is 1. The third-order valence-electron chi connectivity index (χ3n) is 16.4. The first-order valence-corrected chi connectivity index (χ1v) is 33.8. The Morgan fingerprint density at radius 1 is 0.420 bits per heavy atom. The molecule has 17 atom stereocenters. The van der Waals surface area contributed by atoms with Gasteiger partial charge in [0.1, 0.15) is 73.2 Å². The number of amides is 1. The van der Waals surface area contributed by atoms with Gasteiger partial charge >= 0.3 is 0 Å². The van der Waals surface area contributed by atoms with Gasteiger partial charge in [-0.25, -0.2) is 0 Å². The Balaban J connectivity index is 1.46. The molecule has 3 saturated heterocycles. The van der Waals surface area contributed by atoms with E-state index in [2.05, 4.69) is 92.1 Å². The molecule has 19 nitrogen and oxygen atoms in total. The van der Waals surface area contributed by atoms with E-state index >= 15 is 0 Å². The van der Waals surface area contributed by atoms with Crippen LogP contribution in [-0.2, 0) is 33.2 Å². The number of carbonyl (C=O) groups excluding carboxylic acids is 1. The van der Waals surface area contributed by atoms with E-state index in [9.17, 15) is 61.0 Å². The van der Waals surface area contributed by atoms with Gasteiger partial charge in [-0.2, -0.15) is 0 Å². The molecule has 88 heavy (non-hydrogen) atoms. The van der Waals surface area contributed by atoms with Crippen LogP contribution in [0.3, 0.4) is 0 Å². The van der Waals surface area contributed by atoms with Crippen molar-refractivity contribution in [2.75, 3.05) is 26.4 Å². The number of hydrogen-bond donors (Lipinski definition) is 12. The van der Waals surface area contributed by atoms with Crippen molar-refractivity contribution in [3.8, 4) is 0 Å². The molecule has 0 aromatic rings. The van der Waals surface area contributed by atoms with E-state index in [0.29, 0.717) is 6.42 Å². The smallest absolute Gasteiger partial charge is 0.220 e. The summed E-state index contributed by atoms with van der Waals surface area (Å²) in [4.78, 5) is 13.4. The molecular weight excluding hydrogens is 1130 g/mol. The Morgan fingerprint density at radius 2 is 0.784 bits per heavy atom. The quantitative estimate of drug-likeness (QED) is 0.0201. The minimum Gasteiger partial charge on any atom is -0.394 e. The predicted molar refractivity (Wildman–Crippen MR) is 341 cm³/mol. The predicted octanol–water partition coefficient (Wildman–Crippen LogP) is 8.32. The number of allylic oxidation sites excluding steroid dienone is 13. The first kappa shape index (κ1) is 79.2. The van der Waals surface area contributed by atoms with Crippen molar-refractivity contribution >= 4 is 5.91 Å². The molecule has 3 rings (SSSR count). The van der Waals surface area contributed by atoms with Crippen LogP contribution < -0.4 is 5.32 Å². The highest BCUT2D eigenvalue weighted by Crippen LogP contribution is 2.33. The monoisotopic (exact) mass is 1250 g/mol. The van der Waals surface area contributed by atoms with Crippen LogP contribution in [0.25, 0.3) is 0 Å². The highest BCUT2D eigenvalue weighted by molar-refractivity contribution is 5.76. The molecule has 12 N–H and O–H groups in total. The Kier molecular flexibility index (Phi) is 45.5. The minimum atomic E-state index is -1.98. The van der Waals surface area contributed by atoms with Crippen LogP contribution >= 0.6 is 0 Å². The summed E-state index contributed by atoms with van der Waals surface area (Å²) in [5, 5.41) is 120. The Morgan fingerprint density at radius 3 is 1.23 bits per heavy atom. The number of unbranched alkanes of at least 4 members (excludes halogenated alkanes) is 22. The first-order chi connectivity index (χ1) is 42.8. The van der Waals surface area contributed by atoms with E-state index in [1.54, 1.807) is 6.08 Å². The molecule has 0 saturated carbocycles. The fourth-order valence-electron chi connectivity index (χ4n) is 11.0. The number of ether oxygens (including phenoxy) is 6.